The first-order chi connectivity index (χ1) is 11.1. The lowest BCUT2D eigenvalue weighted by Gasteiger charge is -2.08. The SMILES string of the molecule is CCOC(=O)Cn1nc(C)c(-c2cnn(C3CCCC3)c2)c1C. The van der Waals surface area contributed by atoms with Crippen LogP contribution in [0.5, 0.6) is 0 Å². The Balaban J connectivity index is 1.85. The highest BCUT2D eigenvalue weighted by Gasteiger charge is 2.20. The first kappa shape index (κ1) is 15.8. The van der Waals surface area contributed by atoms with E-state index in [2.05, 4.69) is 21.1 Å². The number of esters is 1. The molecule has 0 unspecified atom stereocenters. The number of aryl methyl sites for hydroxylation is 1. The molecule has 1 fully saturated rings. The Bertz CT molecular complexity index is 696. The zero-order valence-corrected chi connectivity index (χ0v) is 14.1. The van der Waals surface area contributed by atoms with Crippen molar-refractivity contribution in [3.05, 3.63) is 23.8 Å². The molecule has 0 N–H and O–H groups in total. The summed E-state index contributed by atoms with van der Waals surface area (Å²) in [6, 6.07) is 0.527. The van der Waals surface area contributed by atoms with Gasteiger partial charge >= 0.3 is 5.97 Å². The van der Waals surface area contributed by atoms with Gasteiger partial charge in [0.15, 0.2) is 0 Å². The van der Waals surface area contributed by atoms with Crippen LogP contribution >= 0.6 is 0 Å². The molecule has 0 radical (unpaired) electrons. The molecule has 1 aliphatic carbocycles. The lowest BCUT2D eigenvalue weighted by molar-refractivity contribution is -0.144. The molecule has 2 heterocycles. The molecule has 2 aromatic heterocycles. The normalized spacial score (nSPS) is 15.3. The van der Waals surface area contributed by atoms with E-state index < -0.39 is 0 Å². The highest BCUT2D eigenvalue weighted by Crippen LogP contribution is 2.32. The average molecular weight is 316 g/mol. The molecule has 0 amide bonds. The van der Waals surface area contributed by atoms with Gasteiger partial charge in [-0.1, -0.05) is 12.8 Å². The summed E-state index contributed by atoms with van der Waals surface area (Å²) in [7, 11) is 0. The Kier molecular flexibility index (Phi) is 4.50. The van der Waals surface area contributed by atoms with Crippen molar-refractivity contribution < 1.29 is 9.53 Å². The van der Waals surface area contributed by atoms with Gasteiger partial charge in [0.25, 0.3) is 0 Å². The van der Waals surface area contributed by atoms with Crippen LogP contribution in [-0.2, 0) is 16.1 Å². The monoisotopic (exact) mass is 316 g/mol. The molecule has 124 valence electrons. The number of ether oxygens (including phenoxy) is 1. The largest absolute Gasteiger partial charge is 0.465 e. The predicted octanol–water partition coefficient (Wildman–Crippen LogP) is 3.04. The average Bonchev–Trinajstić information content (AvgIpc) is 3.21. The molecule has 0 spiro atoms. The van der Waals surface area contributed by atoms with Crippen molar-refractivity contribution in [2.45, 2.75) is 59.0 Å². The maximum atomic E-state index is 11.7. The summed E-state index contributed by atoms with van der Waals surface area (Å²) in [6.45, 7) is 6.30. The highest BCUT2D eigenvalue weighted by atomic mass is 16.5. The summed E-state index contributed by atoms with van der Waals surface area (Å²) in [5, 5.41) is 9.04. The van der Waals surface area contributed by atoms with E-state index in [-0.39, 0.29) is 12.5 Å². The minimum absolute atomic E-state index is 0.150. The summed E-state index contributed by atoms with van der Waals surface area (Å²) in [5.41, 5.74) is 4.03. The minimum Gasteiger partial charge on any atom is -0.465 e. The molecule has 0 aromatic carbocycles. The molecular weight excluding hydrogens is 292 g/mol. The van der Waals surface area contributed by atoms with E-state index >= 15 is 0 Å². The first-order valence-electron chi connectivity index (χ1n) is 8.34. The zero-order valence-electron chi connectivity index (χ0n) is 14.1. The second kappa shape index (κ2) is 6.56. The van der Waals surface area contributed by atoms with Crippen molar-refractivity contribution in [2.24, 2.45) is 0 Å². The van der Waals surface area contributed by atoms with Crippen molar-refractivity contribution in [1.29, 1.82) is 0 Å². The Morgan fingerprint density at radius 1 is 1.35 bits per heavy atom. The summed E-state index contributed by atoms with van der Waals surface area (Å²) >= 11 is 0. The van der Waals surface area contributed by atoms with Crippen LogP contribution in [0.4, 0.5) is 0 Å². The number of rotatable bonds is 5. The van der Waals surface area contributed by atoms with Crippen LogP contribution in [0, 0.1) is 13.8 Å². The molecule has 0 saturated heterocycles. The maximum Gasteiger partial charge on any atom is 0.327 e. The Labute approximate surface area is 136 Å². The van der Waals surface area contributed by atoms with E-state index in [9.17, 15) is 4.79 Å². The third kappa shape index (κ3) is 3.16. The Hall–Kier alpha value is -2.11. The van der Waals surface area contributed by atoms with E-state index in [0.717, 1.165) is 22.5 Å². The van der Waals surface area contributed by atoms with Gasteiger partial charge in [0, 0.05) is 23.0 Å². The lowest BCUT2D eigenvalue weighted by Crippen LogP contribution is -2.15. The van der Waals surface area contributed by atoms with Crippen LogP contribution in [0.3, 0.4) is 0 Å². The first-order valence-corrected chi connectivity index (χ1v) is 8.34. The maximum absolute atomic E-state index is 11.7. The molecule has 1 aliphatic rings. The number of carbonyl (C=O) groups is 1. The van der Waals surface area contributed by atoms with E-state index in [1.807, 2.05) is 27.0 Å². The van der Waals surface area contributed by atoms with Crippen LogP contribution < -0.4 is 0 Å². The van der Waals surface area contributed by atoms with Gasteiger partial charge < -0.3 is 4.74 Å². The zero-order chi connectivity index (χ0) is 16.4. The standard InChI is InChI=1S/C17H24N4O2/c1-4-23-16(22)11-20-13(3)17(12(2)19-20)14-9-18-21(10-14)15-7-5-6-8-15/h9-10,15H,4-8,11H2,1-3H3. The second-order valence-corrected chi connectivity index (χ2v) is 6.16. The summed E-state index contributed by atoms with van der Waals surface area (Å²) < 4.78 is 8.82. The van der Waals surface area contributed by atoms with E-state index in [1.54, 1.807) is 4.68 Å². The summed E-state index contributed by atoms with van der Waals surface area (Å²) in [5.74, 6) is -0.258. The Morgan fingerprint density at radius 3 is 2.78 bits per heavy atom. The molecule has 6 heteroatoms. The van der Waals surface area contributed by atoms with Crippen LogP contribution in [0.2, 0.25) is 0 Å². The highest BCUT2D eigenvalue weighted by molar-refractivity contribution is 5.71. The smallest absolute Gasteiger partial charge is 0.327 e. The molecule has 23 heavy (non-hydrogen) atoms. The van der Waals surface area contributed by atoms with Crippen LogP contribution in [0.25, 0.3) is 11.1 Å². The van der Waals surface area contributed by atoms with Crippen molar-refractivity contribution in [2.75, 3.05) is 6.61 Å². The molecule has 6 nitrogen and oxygen atoms in total. The van der Waals surface area contributed by atoms with E-state index in [1.165, 1.54) is 25.7 Å². The van der Waals surface area contributed by atoms with Crippen LogP contribution in [0.1, 0.15) is 50.0 Å². The van der Waals surface area contributed by atoms with E-state index in [0.29, 0.717) is 12.6 Å². The van der Waals surface area contributed by atoms with Gasteiger partial charge in [-0.05, 0) is 33.6 Å². The van der Waals surface area contributed by atoms with Crippen molar-refractivity contribution in [1.82, 2.24) is 19.6 Å². The fraction of sp³-hybridized carbons (Fsp3) is 0.588. The summed E-state index contributed by atoms with van der Waals surface area (Å²) in [4.78, 5) is 11.7. The van der Waals surface area contributed by atoms with Crippen LogP contribution in [-0.4, -0.2) is 32.1 Å². The van der Waals surface area contributed by atoms with Gasteiger partial charge in [0.2, 0.25) is 0 Å². The van der Waals surface area contributed by atoms with Gasteiger partial charge in [-0.2, -0.15) is 10.2 Å². The van der Waals surface area contributed by atoms with Crippen molar-refractivity contribution >= 4 is 5.97 Å². The molecule has 0 aliphatic heterocycles. The summed E-state index contributed by atoms with van der Waals surface area (Å²) in [6.07, 6.45) is 9.01. The third-order valence-corrected chi connectivity index (χ3v) is 4.55. The topological polar surface area (TPSA) is 61.9 Å². The number of hydrogen-bond acceptors (Lipinski definition) is 4. The van der Waals surface area contributed by atoms with Crippen molar-refractivity contribution in [3.63, 3.8) is 0 Å². The lowest BCUT2D eigenvalue weighted by atomic mass is 10.1. The van der Waals surface area contributed by atoms with Crippen LogP contribution in [0.15, 0.2) is 12.4 Å². The van der Waals surface area contributed by atoms with Gasteiger partial charge in [-0.3, -0.25) is 14.2 Å². The number of carbonyl (C=O) groups excluding carboxylic acids is 1. The molecule has 0 bridgehead atoms. The molecule has 2 aromatic rings. The van der Waals surface area contributed by atoms with E-state index in [4.69, 9.17) is 4.74 Å². The third-order valence-electron chi connectivity index (χ3n) is 4.55. The number of aromatic nitrogens is 4. The predicted molar refractivity (Wildman–Crippen MR) is 87.1 cm³/mol. The molecular formula is C17H24N4O2. The minimum atomic E-state index is -0.258. The fourth-order valence-electron chi connectivity index (χ4n) is 3.43. The molecule has 3 rings (SSSR count). The molecule has 1 saturated carbocycles. The van der Waals surface area contributed by atoms with Gasteiger partial charge in [0.05, 0.1) is 24.5 Å². The van der Waals surface area contributed by atoms with Gasteiger partial charge in [-0.25, -0.2) is 0 Å². The number of hydrogen-bond donors (Lipinski definition) is 0. The number of nitrogens with zero attached hydrogens (tertiary/aromatic N) is 4. The quantitative estimate of drug-likeness (QED) is 0.795. The Morgan fingerprint density at radius 2 is 2.09 bits per heavy atom. The second-order valence-electron chi connectivity index (χ2n) is 6.16. The fourth-order valence-corrected chi connectivity index (χ4v) is 3.43. The van der Waals surface area contributed by atoms with Crippen molar-refractivity contribution in [3.8, 4) is 11.1 Å². The van der Waals surface area contributed by atoms with Gasteiger partial charge in [0.1, 0.15) is 6.54 Å². The van der Waals surface area contributed by atoms with Gasteiger partial charge in [-0.15, -0.1) is 0 Å². The molecule has 0 atom stereocenters.